The first-order chi connectivity index (χ1) is 9.65. The summed E-state index contributed by atoms with van der Waals surface area (Å²) in [6.07, 6.45) is -0.567. The summed E-state index contributed by atoms with van der Waals surface area (Å²) in [5.41, 5.74) is 9.90. The molecule has 0 saturated carbocycles. The molecular weight excluding hydrogens is 348 g/mol. The van der Waals surface area contributed by atoms with Crippen LogP contribution in [0.5, 0.6) is 0 Å². The van der Waals surface area contributed by atoms with Gasteiger partial charge in [0.15, 0.2) is 0 Å². The molecule has 0 rings (SSSR count). The molecule has 14 heteroatoms. The van der Waals surface area contributed by atoms with Gasteiger partial charge in [-0.05, 0) is 12.8 Å². The van der Waals surface area contributed by atoms with Gasteiger partial charge in [0.1, 0.15) is 12.1 Å². The molecule has 132 valence electrons. The van der Waals surface area contributed by atoms with Gasteiger partial charge in [-0.25, -0.2) is 0 Å². The van der Waals surface area contributed by atoms with Crippen molar-refractivity contribution in [1.82, 2.24) is 0 Å². The van der Waals surface area contributed by atoms with Gasteiger partial charge in [-0.3, -0.25) is 18.7 Å². The van der Waals surface area contributed by atoms with Crippen molar-refractivity contribution in [3.8, 4) is 0 Å². The predicted octanol–water partition coefficient (Wildman–Crippen LogP) is -2.65. The van der Waals surface area contributed by atoms with E-state index in [4.69, 9.17) is 30.8 Å². The van der Waals surface area contributed by atoms with Crippen LogP contribution in [0, 0.1) is 0 Å². The molecule has 8 N–H and O–H groups in total. The third-order valence-corrected chi connectivity index (χ3v) is 3.51. The topological polar surface area (TPSA) is 235 Å². The Labute approximate surface area is 126 Å². The maximum atomic E-state index is 10.1. The van der Waals surface area contributed by atoms with E-state index >= 15 is 0 Å². The van der Waals surface area contributed by atoms with Crippen LogP contribution in [-0.4, -0.2) is 71.7 Å². The number of nitrogens with two attached hydrogens (primary N) is 2. The highest BCUT2D eigenvalue weighted by Crippen LogP contribution is 1.93. The van der Waals surface area contributed by atoms with Gasteiger partial charge in [0.05, 0.1) is 11.5 Å². The van der Waals surface area contributed by atoms with Crippen LogP contribution in [0.3, 0.4) is 0 Å². The van der Waals surface area contributed by atoms with Gasteiger partial charge in [-0.2, -0.15) is 16.8 Å². The van der Waals surface area contributed by atoms with E-state index in [0.717, 1.165) is 0 Å². The first-order valence-electron chi connectivity index (χ1n) is 5.53. The van der Waals surface area contributed by atoms with Gasteiger partial charge < -0.3 is 21.7 Å². The molecule has 0 aliphatic carbocycles. The lowest BCUT2D eigenvalue weighted by Gasteiger charge is -2.02. The van der Waals surface area contributed by atoms with Gasteiger partial charge >= 0.3 is 11.9 Å². The summed E-state index contributed by atoms with van der Waals surface area (Å²) in [5, 5.41) is 16.4. The average Bonchev–Trinajstić information content (AvgIpc) is 2.31. The maximum absolute atomic E-state index is 10.1. The van der Waals surface area contributed by atoms with Gasteiger partial charge in [-0.15, -0.1) is 0 Å². The lowest BCUT2D eigenvalue weighted by molar-refractivity contribution is -0.139. The van der Waals surface area contributed by atoms with Crippen LogP contribution in [0.15, 0.2) is 0 Å². The zero-order chi connectivity index (χ0) is 18.1. The SMILES string of the molecule is N[C@@H](CCS(=O)(=O)O)C(=O)O.N[C@@H](CCS(=O)(=O)O)C(=O)O. The quantitative estimate of drug-likeness (QED) is 0.242. The van der Waals surface area contributed by atoms with E-state index in [1.807, 2.05) is 0 Å². The van der Waals surface area contributed by atoms with E-state index < -0.39 is 55.8 Å². The lowest BCUT2D eigenvalue weighted by atomic mass is 10.2. The predicted molar refractivity (Wildman–Crippen MR) is 73.3 cm³/mol. The second-order valence-electron chi connectivity index (χ2n) is 4.04. The first-order valence-corrected chi connectivity index (χ1v) is 8.74. The Balaban J connectivity index is 0. The molecule has 0 unspecified atom stereocenters. The van der Waals surface area contributed by atoms with E-state index in [9.17, 15) is 26.4 Å². The van der Waals surface area contributed by atoms with Crippen molar-refractivity contribution >= 4 is 32.2 Å². The molecule has 0 aromatic rings. The van der Waals surface area contributed by atoms with Crippen LogP contribution in [0.2, 0.25) is 0 Å². The molecule has 22 heavy (non-hydrogen) atoms. The van der Waals surface area contributed by atoms with Gasteiger partial charge in [0, 0.05) is 0 Å². The summed E-state index contributed by atoms with van der Waals surface area (Å²) in [6, 6.07) is -2.48. The Morgan fingerprint density at radius 2 is 1.00 bits per heavy atom. The Kier molecular flexibility index (Phi) is 10.1. The molecule has 0 radical (unpaired) electrons. The normalized spacial score (nSPS) is 14.4. The van der Waals surface area contributed by atoms with Crippen LogP contribution in [0.25, 0.3) is 0 Å². The molecule has 0 heterocycles. The Hall–Kier alpha value is -1.32. The smallest absolute Gasteiger partial charge is 0.320 e. The summed E-state index contributed by atoms with van der Waals surface area (Å²) < 4.78 is 56.6. The van der Waals surface area contributed by atoms with Crippen LogP contribution < -0.4 is 11.5 Å². The number of hydrogen-bond donors (Lipinski definition) is 6. The average molecular weight is 366 g/mol. The standard InChI is InChI=1S/2C4H9NO5S/c2*5-3(4(6)7)1-2-11(8,9)10/h2*3H,1-2,5H2,(H,6,7)(H,8,9,10)/t2*3-/m00/s1. The molecule has 0 saturated heterocycles. The summed E-state index contributed by atoms with van der Waals surface area (Å²) >= 11 is 0. The second kappa shape index (κ2) is 9.65. The van der Waals surface area contributed by atoms with Gasteiger partial charge in [0.2, 0.25) is 0 Å². The van der Waals surface area contributed by atoms with E-state index in [1.165, 1.54) is 0 Å². The number of carboxylic acid groups (broad SMARTS) is 2. The number of carbonyl (C=O) groups is 2. The highest BCUT2D eigenvalue weighted by molar-refractivity contribution is 7.86. The fourth-order valence-corrected chi connectivity index (χ4v) is 1.90. The molecule has 0 fully saturated rings. The monoisotopic (exact) mass is 366 g/mol. The molecule has 0 aromatic carbocycles. The molecule has 0 spiro atoms. The van der Waals surface area contributed by atoms with Crippen molar-refractivity contribution in [3.05, 3.63) is 0 Å². The number of aliphatic carboxylic acids is 2. The zero-order valence-electron chi connectivity index (χ0n) is 11.2. The van der Waals surface area contributed by atoms with E-state index in [0.29, 0.717) is 0 Å². The highest BCUT2D eigenvalue weighted by Gasteiger charge is 2.15. The minimum absolute atomic E-state index is 0.284. The van der Waals surface area contributed by atoms with Crippen LogP contribution in [0.1, 0.15) is 12.8 Å². The number of hydrogen-bond acceptors (Lipinski definition) is 8. The van der Waals surface area contributed by atoms with Crippen molar-refractivity contribution in [1.29, 1.82) is 0 Å². The van der Waals surface area contributed by atoms with Crippen LogP contribution in [-0.2, 0) is 29.8 Å². The Morgan fingerprint density at radius 1 is 0.773 bits per heavy atom. The molecule has 12 nitrogen and oxygen atoms in total. The highest BCUT2D eigenvalue weighted by atomic mass is 32.2. The van der Waals surface area contributed by atoms with Crippen molar-refractivity contribution in [2.45, 2.75) is 24.9 Å². The maximum Gasteiger partial charge on any atom is 0.320 e. The molecule has 0 aliphatic heterocycles. The minimum Gasteiger partial charge on any atom is -0.480 e. The van der Waals surface area contributed by atoms with E-state index in [2.05, 4.69) is 0 Å². The number of carboxylic acids is 2. The molecule has 0 amide bonds. The van der Waals surface area contributed by atoms with Crippen LogP contribution >= 0.6 is 0 Å². The summed E-state index contributed by atoms with van der Waals surface area (Å²) in [7, 11) is -8.19. The molecule has 0 bridgehead atoms. The van der Waals surface area contributed by atoms with Gasteiger partial charge in [0.25, 0.3) is 20.2 Å². The number of rotatable bonds is 8. The molecule has 0 aromatic heterocycles. The van der Waals surface area contributed by atoms with Crippen molar-refractivity contribution in [3.63, 3.8) is 0 Å². The van der Waals surface area contributed by atoms with Crippen molar-refractivity contribution < 1.29 is 45.7 Å². The third-order valence-electron chi connectivity index (χ3n) is 2.01. The molecular formula is C8H18N2O10S2. The second-order valence-corrected chi connectivity index (χ2v) is 7.18. The largest absolute Gasteiger partial charge is 0.480 e. The fourth-order valence-electron chi connectivity index (χ4n) is 0.799. The Morgan fingerprint density at radius 3 is 1.14 bits per heavy atom. The van der Waals surface area contributed by atoms with Crippen LogP contribution in [0.4, 0.5) is 0 Å². The van der Waals surface area contributed by atoms with E-state index in [-0.39, 0.29) is 12.8 Å². The molecule has 2 atom stereocenters. The summed E-state index contributed by atoms with van der Waals surface area (Å²) in [6.45, 7) is 0. The van der Waals surface area contributed by atoms with E-state index in [1.54, 1.807) is 0 Å². The van der Waals surface area contributed by atoms with Gasteiger partial charge in [-0.1, -0.05) is 0 Å². The Bertz CT molecular complexity index is 518. The first kappa shape index (κ1) is 23.0. The van der Waals surface area contributed by atoms with Crippen molar-refractivity contribution in [2.75, 3.05) is 11.5 Å². The molecule has 0 aliphatic rings. The fraction of sp³-hybridized carbons (Fsp3) is 0.750. The summed E-state index contributed by atoms with van der Waals surface area (Å²) in [4.78, 5) is 20.0. The third kappa shape index (κ3) is 16.7. The zero-order valence-corrected chi connectivity index (χ0v) is 12.8. The summed E-state index contributed by atoms with van der Waals surface area (Å²) in [5.74, 6) is -3.82. The van der Waals surface area contributed by atoms with Crippen molar-refractivity contribution in [2.24, 2.45) is 11.5 Å². The minimum atomic E-state index is -4.10. The lowest BCUT2D eigenvalue weighted by Crippen LogP contribution is -2.32.